The van der Waals surface area contributed by atoms with Gasteiger partial charge in [0.15, 0.2) is 0 Å². The third-order valence-corrected chi connectivity index (χ3v) is 5.98. The van der Waals surface area contributed by atoms with Crippen molar-refractivity contribution in [2.45, 2.75) is 30.7 Å². The van der Waals surface area contributed by atoms with E-state index in [1.54, 1.807) is 28.8 Å². The molecule has 3 rings (SSSR count). The Morgan fingerprint density at radius 1 is 1.38 bits per heavy atom. The average Bonchev–Trinajstić information content (AvgIpc) is 3.29. The van der Waals surface area contributed by atoms with Crippen molar-refractivity contribution < 1.29 is 19.4 Å². The van der Waals surface area contributed by atoms with E-state index in [1.807, 2.05) is 24.3 Å². The molecule has 1 saturated heterocycles. The molecular weight excluding hydrogens is 390 g/mol. The lowest BCUT2D eigenvalue weighted by Crippen LogP contribution is -2.37. The number of rotatable bonds is 7. The quantitative estimate of drug-likeness (QED) is 0.700. The van der Waals surface area contributed by atoms with Crippen LogP contribution < -0.4 is 0 Å². The molecule has 0 radical (unpaired) electrons. The Balaban J connectivity index is 1.71. The maximum Gasteiger partial charge on any atom is 0.410 e. The maximum absolute atomic E-state index is 12.6. The Labute approximate surface area is 174 Å². The van der Waals surface area contributed by atoms with Crippen molar-refractivity contribution in [1.82, 2.24) is 14.7 Å². The molecule has 1 aliphatic rings. The number of amides is 1. The molecule has 2 heterocycles. The van der Waals surface area contributed by atoms with Gasteiger partial charge in [0, 0.05) is 36.9 Å². The first-order chi connectivity index (χ1) is 14.0. The third kappa shape index (κ3) is 5.27. The summed E-state index contributed by atoms with van der Waals surface area (Å²) in [6.45, 7) is 4.05. The Bertz CT molecular complexity index is 868. The van der Waals surface area contributed by atoms with E-state index in [2.05, 4.69) is 11.7 Å². The van der Waals surface area contributed by atoms with Gasteiger partial charge in [0.05, 0.1) is 18.0 Å². The number of hydrogen-bond donors (Lipinski definition) is 1. The number of aryl methyl sites for hydroxylation is 1. The predicted octanol–water partition coefficient (Wildman–Crippen LogP) is 2.79. The molecule has 29 heavy (non-hydrogen) atoms. The number of aliphatic hydroxyl groups excluding tert-OH is 1. The number of carbonyl (C=O) groups is 2. The van der Waals surface area contributed by atoms with Gasteiger partial charge in [-0.15, -0.1) is 0 Å². The summed E-state index contributed by atoms with van der Waals surface area (Å²) in [5.41, 5.74) is 2.16. The normalized spacial score (nSPS) is 18.6. The standard InChI is InChI=1S/C21H25N3O4S/c1-3-9-28-21(27)24-13-19(29-20(26)15-7-5-4-6-8-15)12-17(24)10-16-11-18(14-25)23(2)22-16/h3-8,11,17,19,25H,1,9-10,12-14H2,2H3/t17-,19+/m1/s1. The molecule has 7 nitrogen and oxygen atoms in total. The fourth-order valence-corrected chi connectivity index (χ4v) is 4.57. The third-order valence-electron chi connectivity index (χ3n) is 4.85. The van der Waals surface area contributed by atoms with E-state index in [-0.39, 0.29) is 29.6 Å². The van der Waals surface area contributed by atoms with Crippen LogP contribution in [0.5, 0.6) is 0 Å². The van der Waals surface area contributed by atoms with E-state index in [9.17, 15) is 14.7 Å². The van der Waals surface area contributed by atoms with Crippen LogP contribution in [0.2, 0.25) is 0 Å². The van der Waals surface area contributed by atoms with Crippen LogP contribution in [0.3, 0.4) is 0 Å². The number of aromatic nitrogens is 2. The zero-order valence-corrected chi connectivity index (χ0v) is 17.2. The van der Waals surface area contributed by atoms with Crippen molar-refractivity contribution in [2.24, 2.45) is 7.05 Å². The minimum atomic E-state index is -0.413. The van der Waals surface area contributed by atoms with Gasteiger partial charge in [0.25, 0.3) is 0 Å². The highest BCUT2D eigenvalue weighted by molar-refractivity contribution is 8.14. The van der Waals surface area contributed by atoms with Gasteiger partial charge in [0.2, 0.25) is 5.12 Å². The topological polar surface area (TPSA) is 84.7 Å². The lowest BCUT2D eigenvalue weighted by molar-refractivity contribution is 0.107. The lowest BCUT2D eigenvalue weighted by Gasteiger charge is -2.23. The zero-order chi connectivity index (χ0) is 20.8. The fourth-order valence-electron chi connectivity index (χ4n) is 3.44. The van der Waals surface area contributed by atoms with Crippen LogP contribution in [0, 0.1) is 0 Å². The van der Waals surface area contributed by atoms with Crippen LogP contribution in [0.4, 0.5) is 4.79 Å². The number of hydrogen-bond acceptors (Lipinski definition) is 6. The predicted molar refractivity (Wildman–Crippen MR) is 112 cm³/mol. The Morgan fingerprint density at radius 2 is 2.14 bits per heavy atom. The van der Waals surface area contributed by atoms with Gasteiger partial charge in [0.1, 0.15) is 6.61 Å². The van der Waals surface area contributed by atoms with E-state index < -0.39 is 6.09 Å². The summed E-state index contributed by atoms with van der Waals surface area (Å²) in [4.78, 5) is 26.8. The van der Waals surface area contributed by atoms with Gasteiger partial charge >= 0.3 is 6.09 Å². The second-order valence-electron chi connectivity index (χ2n) is 6.91. The SMILES string of the molecule is C=CCOC(=O)N1C[C@@H](SC(=O)c2ccccc2)C[C@H]1Cc1cc(CO)n(C)n1. The number of carbonyl (C=O) groups excluding carboxylic acids is 2. The lowest BCUT2D eigenvalue weighted by atomic mass is 10.1. The highest BCUT2D eigenvalue weighted by Gasteiger charge is 2.38. The van der Waals surface area contributed by atoms with Gasteiger partial charge < -0.3 is 14.7 Å². The van der Waals surface area contributed by atoms with Gasteiger partial charge in [-0.25, -0.2) is 4.79 Å². The molecule has 1 aliphatic heterocycles. The highest BCUT2D eigenvalue weighted by atomic mass is 32.2. The number of benzene rings is 1. The number of thioether (sulfide) groups is 1. The summed E-state index contributed by atoms with van der Waals surface area (Å²) in [5, 5.41) is 13.8. The van der Waals surface area contributed by atoms with E-state index in [4.69, 9.17) is 4.74 Å². The second-order valence-corrected chi connectivity index (χ2v) is 8.19. The van der Waals surface area contributed by atoms with Crippen LogP contribution >= 0.6 is 11.8 Å². The van der Waals surface area contributed by atoms with Crippen molar-refractivity contribution in [1.29, 1.82) is 0 Å². The Morgan fingerprint density at radius 3 is 2.79 bits per heavy atom. The molecule has 1 fully saturated rings. The van der Waals surface area contributed by atoms with E-state index in [0.29, 0.717) is 30.6 Å². The van der Waals surface area contributed by atoms with Gasteiger partial charge in [-0.2, -0.15) is 5.10 Å². The molecule has 1 aromatic heterocycles. The molecule has 1 aromatic carbocycles. The van der Waals surface area contributed by atoms with Crippen molar-refractivity contribution in [3.8, 4) is 0 Å². The average molecular weight is 416 g/mol. The largest absolute Gasteiger partial charge is 0.445 e. The molecule has 0 spiro atoms. The first-order valence-electron chi connectivity index (χ1n) is 9.44. The number of likely N-dealkylation sites (tertiary alicyclic amines) is 1. The monoisotopic (exact) mass is 415 g/mol. The van der Waals surface area contributed by atoms with E-state index in [0.717, 1.165) is 5.69 Å². The summed E-state index contributed by atoms with van der Waals surface area (Å²) in [6, 6.07) is 10.8. The van der Waals surface area contributed by atoms with Crippen LogP contribution in [-0.4, -0.2) is 55.4 Å². The summed E-state index contributed by atoms with van der Waals surface area (Å²) in [6.07, 6.45) is 2.31. The van der Waals surface area contributed by atoms with Gasteiger partial charge in [-0.1, -0.05) is 54.7 Å². The minimum Gasteiger partial charge on any atom is -0.445 e. The molecule has 2 aromatic rings. The number of ether oxygens (including phenoxy) is 1. The van der Waals surface area contributed by atoms with Crippen molar-refractivity contribution in [2.75, 3.05) is 13.2 Å². The van der Waals surface area contributed by atoms with E-state index in [1.165, 1.54) is 17.8 Å². The molecule has 2 atom stereocenters. The molecule has 154 valence electrons. The summed E-state index contributed by atoms with van der Waals surface area (Å²) in [7, 11) is 1.77. The first kappa shape index (κ1) is 21.1. The molecule has 1 N–H and O–H groups in total. The molecular formula is C21H25N3O4S. The molecule has 0 aliphatic carbocycles. The molecule has 0 unspecified atom stereocenters. The first-order valence-corrected chi connectivity index (χ1v) is 10.3. The Hall–Kier alpha value is -2.58. The number of aliphatic hydroxyl groups is 1. The van der Waals surface area contributed by atoms with Crippen LogP contribution in [0.15, 0.2) is 49.1 Å². The molecule has 0 saturated carbocycles. The van der Waals surface area contributed by atoms with Crippen molar-refractivity contribution in [3.63, 3.8) is 0 Å². The Kier molecular flexibility index (Phi) is 7.11. The fraction of sp³-hybridized carbons (Fsp3) is 0.381. The molecule has 0 bridgehead atoms. The van der Waals surface area contributed by atoms with Crippen LogP contribution in [-0.2, 0) is 24.8 Å². The molecule has 8 heteroatoms. The van der Waals surface area contributed by atoms with E-state index >= 15 is 0 Å². The minimum absolute atomic E-state index is 0.00365. The van der Waals surface area contributed by atoms with Crippen LogP contribution in [0.25, 0.3) is 0 Å². The summed E-state index contributed by atoms with van der Waals surface area (Å²) < 4.78 is 6.87. The van der Waals surface area contributed by atoms with Crippen molar-refractivity contribution in [3.05, 3.63) is 66.0 Å². The number of nitrogens with zero attached hydrogens (tertiary/aromatic N) is 3. The molecule has 1 amide bonds. The van der Waals surface area contributed by atoms with Gasteiger partial charge in [-0.05, 0) is 12.5 Å². The zero-order valence-electron chi connectivity index (χ0n) is 16.4. The van der Waals surface area contributed by atoms with Crippen LogP contribution in [0.1, 0.15) is 28.2 Å². The smallest absolute Gasteiger partial charge is 0.410 e. The summed E-state index contributed by atoms with van der Waals surface area (Å²) >= 11 is 1.26. The summed E-state index contributed by atoms with van der Waals surface area (Å²) in [5.74, 6) is 0. The second kappa shape index (κ2) is 9.76. The highest BCUT2D eigenvalue weighted by Crippen LogP contribution is 2.32. The van der Waals surface area contributed by atoms with Gasteiger partial charge in [-0.3, -0.25) is 9.48 Å². The maximum atomic E-state index is 12.6. The van der Waals surface area contributed by atoms with Crippen molar-refractivity contribution >= 4 is 23.0 Å².